The Balaban J connectivity index is 1.47. The predicted octanol–water partition coefficient (Wildman–Crippen LogP) is 7.30. The fourth-order valence-electron chi connectivity index (χ4n) is 3.95. The zero-order chi connectivity index (χ0) is 28.6. The number of aryl methyl sites for hydroxylation is 1. The summed E-state index contributed by atoms with van der Waals surface area (Å²) in [5.41, 5.74) is 0.783. The number of carbonyl (C=O) groups is 3. The van der Waals surface area contributed by atoms with Crippen molar-refractivity contribution in [1.29, 1.82) is 0 Å². The van der Waals surface area contributed by atoms with E-state index in [2.05, 4.69) is 17.6 Å². The van der Waals surface area contributed by atoms with E-state index in [1.54, 1.807) is 36.4 Å². The number of halogens is 2. The maximum Gasteiger partial charge on any atom is 0.337 e. The summed E-state index contributed by atoms with van der Waals surface area (Å²) >= 11 is 0. The monoisotopic (exact) mass is 544 g/mol. The number of carboxylic acid groups (broad SMARTS) is 1. The van der Waals surface area contributed by atoms with Gasteiger partial charge in [0.1, 0.15) is 28.7 Å². The van der Waals surface area contributed by atoms with Gasteiger partial charge in [-0.15, -0.1) is 0 Å². The summed E-state index contributed by atoms with van der Waals surface area (Å²) in [7, 11) is 0. The molecule has 4 aromatic rings. The van der Waals surface area contributed by atoms with E-state index in [-0.39, 0.29) is 22.9 Å². The van der Waals surface area contributed by atoms with Crippen LogP contribution < -0.4 is 15.4 Å². The Kier molecular flexibility index (Phi) is 8.86. The van der Waals surface area contributed by atoms with Crippen LogP contribution in [0.15, 0.2) is 84.9 Å². The summed E-state index contributed by atoms with van der Waals surface area (Å²) in [6.07, 6.45) is 3.13. The fraction of sp³-hybridized carbons (Fsp3) is 0.129. The molecule has 0 atom stereocenters. The second-order valence-corrected chi connectivity index (χ2v) is 8.95. The number of unbranched alkanes of at least 4 members (excludes halogenated alkanes) is 1. The third-order valence-electron chi connectivity index (χ3n) is 6.02. The van der Waals surface area contributed by atoms with Crippen molar-refractivity contribution in [3.05, 3.63) is 119 Å². The number of hydrogen-bond acceptors (Lipinski definition) is 4. The van der Waals surface area contributed by atoms with Crippen molar-refractivity contribution in [2.45, 2.75) is 26.2 Å². The largest absolute Gasteiger partial charge is 0.478 e. The van der Waals surface area contributed by atoms with Gasteiger partial charge in [0.05, 0.1) is 11.3 Å². The van der Waals surface area contributed by atoms with E-state index in [0.29, 0.717) is 17.0 Å². The Morgan fingerprint density at radius 3 is 2.15 bits per heavy atom. The standard InChI is InChI=1S/C31H26F2N2O5/c1-2-3-6-19-11-13-20(14-12-19)29(36)34-21-7-4-8-22(17-21)40-23-15-16-27(24(18-23)31(38)39)35-30(37)28-25(32)9-5-10-26(28)33/h4-5,7-18H,2-3,6H2,1H3,(H,34,36)(H,35,37)(H,38,39). The Hall–Kier alpha value is -5.05. The molecule has 0 radical (unpaired) electrons. The van der Waals surface area contributed by atoms with E-state index in [4.69, 9.17) is 4.74 Å². The van der Waals surface area contributed by atoms with Crippen LogP contribution in [0.5, 0.6) is 11.5 Å². The van der Waals surface area contributed by atoms with Gasteiger partial charge >= 0.3 is 5.97 Å². The molecule has 40 heavy (non-hydrogen) atoms. The molecule has 4 aromatic carbocycles. The molecule has 3 N–H and O–H groups in total. The molecule has 2 amide bonds. The topological polar surface area (TPSA) is 105 Å². The van der Waals surface area contributed by atoms with Gasteiger partial charge in [-0.2, -0.15) is 0 Å². The van der Waals surface area contributed by atoms with Crippen LogP contribution in [0.2, 0.25) is 0 Å². The first-order chi connectivity index (χ1) is 19.2. The van der Waals surface area contributed by atoms with Crippen molar-refractivity contribution in [1.82, 2.24) is 0 Å². The first-order valence-corrected chi connectivity index (χ1v) is 12.6. The SMILES string of the molecule is CCCCc1ccc(C(=O)Nc2cccc(Oc3ccc(NC(=O)c4c(F)cccc4F)c(C(=O)O)c3)c2)cc1. The van der Waals surface area contributed by atoms with Crippen LogP contribution in [0.4, 0.5) is 20.2 Å². The number of amides is 2. The lowest BCUT2D eigenvalue weighted by atomic mass is 10.1. The van der Waals surface area contributed by atoms with E-state index < -0.39 is 29.1 Å². The molecule has 9 heteroatoms. The van der Waals surface area contributed by atoms with Crippen molar-refractivity contribution in [2.75, 3.05) is 10.6 Å². The van der Waals surface area contributed by atoms with E-state index >= 15 is 0 Å². The zero-order valence-electron chi connectivity index (χ0n) is 21.5. The van der Waals surface area contributed by atoms with Crippen LogP contribution in [0, 0.1) is 11.6 Å². The smallest absolute Gasteiger partial charge is 0.337 e. The summed E-state index contributed by atoms with van der Waals surface area (Å²) < 4.78 is 33.7. The lowest BCUT2D eigenvalue weighted by Gasteiger charge is -2.13. The maximum absolute atomic E-state index is 14.0. The van der Waals surface area contributed by atoms with Crippen molar-refractivity contribution in [3.8, 4) is 11.5 Å². The number of aromatic carboxylic acids is 1. The molecule has 0 aliphatic carbocycles. The average molecular weight is 545 g/mol. The second-order valence-electron chi connectivity index (χ2n) is 8.95. The van der Waals surface area contributed by atoms with E-state index in [1.807, 2.05) is 12.1 Å². The van der Waals surface area contributed by atoms with Gasteiger partial charge in [-0.05, 0) is 73.0 Å². The molecule has 0 saturated carbocycles. The predicted molar refractivity (Wildman–Crippen MR) is 147 cm³/mol. The molecule has 0 heterocycles. The van der Waals surface area contributed by atoms with Gasteiger partial charge in [0.2, 0.25) is 0 Å². The van der Waals surface area contributed by atoms with Crippen LogP contribution in [-0.2, 0) is 6.42 Å². The van der Waals surface area contributed by atoms with Crippen LogP contribution in [0.3, 0.4) is 0 Å². The molecule has 204 valence electrons. The van der Waals surface area contributed by atoms with Gasteiger partial charge in [-0.3, -0.25) is 9.59 Å². The summed E-state index contributed by atoms with van der Waals surface area (Å²) in [6.45, 7) is 2.12. The Bertz CT molecular complexity index is 1530. The molecule has 7 nitrogen and oxygen atoms in total. The summed E-state index contributed by atoms with van der Waals surface area (Å²) in [5.74, 6) is -4.54. The van der Waals surface area contributed by atoms with Crippen molar-refractivity contribution < 1.29 is 33.0 Å². The number of benzene rings is 4. The molecule has 0 bridgehead atoms. The van der Waals surface area contributed by atoms with Gasteiger partial charge < -0.3 is 20.5 Å². The minimum Gasteiger partial charge on any atom is -0.478 e. The summed E-state index contributed by atoms with van der Waals surface area (Å²) in [5, 5.41) is 14.7. The van der Waals surface area contributed by atoms with Crippen LogP contribution >= 0.6 is 0 Å². The quantitative estimate of drug-likeness (QED) is 0.194. The van der Waals surface area contributed by atoms with Gasteiger partial charge in [0.15, 0.2) is 0 Å². The summed E-state index contributed by atoms with van der Waals surface area (Å²) in [4.78, 5) is 37.0. The third kappa shape index (κ3) is 6.87. The molecular formula is C31H26F2N2O5. The number of hydrogen-bond donors (Lipinski definition) is 3. The highest BCUT2D eigenvalue weighted by Gasteiger charge is 2.20. The van der Waals surface area contributed by atoms with E-state index in [0.717, 1.165) is 37.5 Å². The molecule has 0 aliphatic heterocycles. The highest BCUT2D eigenvalue weighted by Crippen LogP contribution is 2.29. The van der Waals surface area contributed by atoms with E-state index in [9.17, 15) is 28.3 Å². The molecule has 0 saturated heterocycles. The van der Waals surface area contributed by atoms with Crippen molar-refractivity contribution in [3.63, 3.8) is 0 Å². The maximum atomic E-state index is 14.0. The first-order valence-electron chi connectivity index (χ1n) is 12.6. The van der Waals surface area contributed by atoms with Crippen molar-refractivity contribution in [2.24, 2.45) is 0 Å². The van der Waals surface area contributed by atoms with Crippen LogP contribution in [-0.4, -0.2) is 22.9 Å². The van der Waals surface area contributed by atoms with Gasteiger partial charge in [-0.25, -0.2) is 13.6 Å². The van der Waals surface area contributed by atoms with Crippen molar-refractivity contribution >= 4 is 29.2 Å². The molecule has 4 rings (SSSR count). The Labute approximate surface area is 229 Å². The van der Waals surface area contributed by atoms with Gasteiger partial charge in [-0.1, -0.05) is 37.6 Å². The normalized spacial score (nSPS) is 10.6. The minimum atomic E-state index is -1.39. The number of rotatable bonds is 10. The molecule has 0 unspecified atom stereocenters. The summed E-state index contributed by atoms with van der Waals surface area (Å²) in [6, 6.07) is 20.7. The first kappa shape index (κ1) is 28.0. The van der Waals surface area contributed by atoms with Gasteiger partial charge in [0, 0.05) is 17.3 Å². The fourth-order valence-corrected chi connectivity index (χ4v) is 3.95. The number of anilines is 2. The highest BCUT2D eigenvalue weighted by molar-refractivity contribution is 6.08. The Morgan fingerprint density at radius 1 is 0.800 bits per heavy atom. The number of ether oxygens (including phenoxy) is 1. The zero-order valence-corrected chi connectivity index (χ0v) is 21.5. The molecule has 0 spiro atoms. The van der Waals surface area contributed by atoms with Gasteiger partial charge in [0.25, 0.3) is 11.8 Å². The second kappa shape index (κ2) is 12.7. The number of carboxylic acids is 1. The number of carbonyl (C=O) groups excluding carboxylic acids is 2. The average Bonchev–Trinajstić information content (AvgIpc) is 2.93. The molecular weight excluding hydrogens is 518 g/mol. The Morgan fingerprint density at radius 2 is 1.48 bits per heavy atom. The lowest BCUT2D eigenvalue weighted by Crippen LogP contribution is -2.18. The number of nitrogens with one attached hydrogen (secondary N) is 2. The molecule has 0 aromatic heterocycles. The molecule has 0 fully saturated rings. The lowest BCUT2D eigenvalue weighted by molar-refractivity contribution is 0.0697. The van der Waals surface area contributed by atoms with E-state index in [1.165, 1.54) is 23.8 Å². The van der Waals surface area contributed by atoms with Crippen LogP contribution in [0.25, 0.3) is 0 Å². The van der Waals surface area contributed by atoms with Crippen LogP contribution in [0.1, 0.15) is 56.4 Å². The minimum absolute atomic E-state index is 0.124. The third-order valence-corrected chi connectivity index (χ3v) is 6.02. The molecule has 0 aliphatic rings. The highest BCUT2D eigenvalue weighted by atomic mass is 19.1.